The van der Waals surface area contributed by atoms with Gasteiger partial charge in [-0.1, -0.05) is 66.8 Å². The second-order valence-corrected chi connectivity index (χ2v) is 10.1. The maximum absolute atomic E-state index is 13.2. The van der Waals surface area contributed by atoms with Crippen LogP contribution in [0.15, 0.2) is 77.9 Å². The van der Waals surface area contributed by atoms with Gasteiger partial charge in [-0.3, -0.25) is 14.9 Å². The van der Waals surface area contributed by atoms with Gasteiger partial charge in [-0.15, -0.1) is 0 Å². The van der Waals surface area contributed by atoms with Crippen molar-refractivity contribution in [1.82, 2.24) is 9.66 Å². The number of nitrogens with zero attached hydrogens (tertiary/aromatic N) is 4. The number of nitro benzene ring substituents is 1. The minimum absolute atomic E-state index is 0.0543. The zero-order chi connectivity index (χ0) is 25.1. The van der Waals surface area contributed by atoms with Crippen molar-refractivity contribution in [3.8, 4) is 5.75 Å². The first-order valence-electron chi connectivity index (χ1n) is 10.4. The number of fused-ring (bicyclic) bond motifs is 1. The first-order chi connectivity index (χ1) is 16.8. The summed E-state index contributed by atoms with van der Waals surface area (Å²) in [6.07, 6.45) is 1.85. The van der Waals surface area contributed by atoms with Crippen LogP contribution in [0.4, 0.5) is 5.69 Å². The van der Waals surface area contributed by atoms with Crippen LogP contribution in [-0.4, -0.2) is 20.8 Å². The van der Waals surface area contributed by atoms with Gasteiger partial charge in [0.05, 0.1) is 22.0 Å². The lowest BCUT2D eigenvalue weighted by Crippen LogP contribution is -2.22. The van der Waals surface area contributed by atoms with Crippen LogP contribution in [0, 0.1) is 10.1 Å². The Hall–Kier alpha value is -2.89. The number of nitro groups is 1. The van der Waals surface area contributed by atoms with Crippen LogP contribution in [0.25, 0.3) is 10.9 Å². The predicted molar refractivity (Wildman–Crippen MR) is 145 cm³/mol. The molecule has 0 saturated heterocycles. The molecule has 0 unspecified atom stereocenters. The van der Waals surface area contributed by atoms with Crippen LogP contribution in [0.3, 0.4) is 0 Å². The van der Waals surface area contributed by atoms with Gasteiger partial charge in [0.1, 0.15) is 12.4 Å². The van der Waals surface area contributed by atoms with Crippen molar-refractivity contribution >= 4 is 70.6 Å². The summed E-state index contributed by atoms with van der Waals surface area (Å²) in [6, 6.07) is 15.4. The van der Waals surface area contributed by atoms with Gasteiger partial charge >= 0.3 is 5.69 Å². The van der Waals surface area contributed by atoms with E-state index in [1.54, 1.807) is 24.3 Å². The van der Waals surface area contributed by atoms with Gasteiger partial charge in [-0.25, -0.2) is 4.98 Å². The molecule has 178 valence electrons. The molecule has 11 heteroatoms. The third-order valence-electron chi connectivity index (χ3n) is 5.11. The molecule has 0 spiro atoms. The quantitative estimate of drug-likeness (QED) is 0.126. The number of ether oxygens (including phenoxy) is 1. The van der Waals surface area contributed by atoms with E-state index in [9.17, 15) is 14.9 Å². The minimum atomic E-state index is -0.512. The molecule has 0 amide bonds. The lowest BCUT2D eigenvalue weighted by atomic mass is 10.2. The van der Waals surface area contributed by atoms with E-state index in [-0.39, 0.29) is 23.6 Å². The summed E-state index contributed by atoms with van der Waals surface area (Å²) in [5.41, 5.74) is 1.20. The molecular formula is C24H17Br3N4O4. The fourth-order valence-electron chi connectivity index (χ4n) is 3.40. The van der Waals surface area contributed by atoms with Gasteiger partial charge in [0.2, 0.25) is 5.75 Å². The molecule has 35 heavy (non-hydrogen) atoms. The molecule has 0 saturated carbocycles. The number of hydrogen-bond acceptors (Lipinski definition) is 6. The highest BCUT2D eigenvalue weighted by atomic mass is 79.9. The summed E-state index contributed by atoms with van der Waals surface area (Å²) in [5.74, 6) is 0.520. The lowest BCUT2D eigenvalue weighted by Gasteiger charge is -2.11. The normalized spacial score (nSPS) is 11.3. The van der Waals surface area contributed by atoms with Crippen molar-refractivity contribution < 1.29 is 9.66 Å². The monoisotopic (exact) mass is 662 g/mol. The van der Waals surface area contributed by atoms with Crippen molar-refractivity contribution in [2.75, 3.05) is 0 Å². The smallest absolute Gasteiger partial charge is 0.311 e. The Morgan fingerprint density at radius 3 is 2.57 bits per heavy atom. The Morgan fingerprint density at radius 1 is 1.11 bits per heavy atom. The number of benzene rings is 3. The van der Waals surface area contributed by atoms with E-state index in [2.05, 4.69) is 57.9 Å². The van der Waals surface area contributed by atoms with Gasteiger partial charge in [-0.2, -0.15) is 9.78 Å². The summed E-state index contributed by atoms with van der Waals surface area (Å²) >= 11 is 10.3. The van der Waals surface area contributed by atoms with Crippen molar-refractivity contribution in [2.45, 2.75) is 20.0 Å². The van der Waals surface area contributed by atoms with E-state index < -0.39 is 4.92 Å². The van der Waals surface area contributed by atoms with E-state index in [0.29, 0.717) is 28.7 Å². The standard InChI is InChI=1S/C24H17Br3N4O4/c1-2-22-29-20-9-8-16(25)10-18(20)24(32)30(22)28-12-14-4-3-5-21(31(33)34)23(14)35-13-15-6-7-17(26)11-19(15)27/h3-12H,2,13H2,1H3. The molecule has 0 radical (unpaired) electrons. The van der Waals surface area contributed by atoms with Crippen molar-refractivity contribution in [3.05, 3.63) is 105 Å². The number of halogens is 3. The summed E-state index contributed by atoms with van der Waals surface area (Å²) in [7, 11) is 0. The number of aromatic nitrogens is 2. The molecule has 1 heterocycles. The summed E-state index contributed by atoms with van der Waals surface area (Å²) in [4.78, 5) is 28.9. The highest BCUT2D eigenvalue weighted by Gasteiger charge is 2.19. The molecule has 3 aromatic carbocycles. The molecular weight excluding hydrogens is 648 g/mol. The summed E-state index contributed by atoms with van der Waals surface area (Å²) in [6.45, 7) is 1.96. The third-order valence-corrected chi connectivity index (χ3v) is 6.84. The van der Waals surface area contributed by atoms with Crippen molar-refractivity contribution in [2.24, 2.45) is 5.10 Å². The zero-order valence-corrected chi connectivity index (χ0v) is 23.0. The Balaban J connectivity index is 1.76. The highest BCUT2D eigenvalue weighted by Crippen LogP contribution is 2.32. The summed E-state index contributed by atoms with van der Waals surface area (Å²) < 4.78 is 9.56. The molecule has 0 bridgehead atoms. The van der Waals surface area contributed by atoms with Gasteiger partial charge < -0.3 is 4.74 Å². The maximum Gasteiger partial charge on any atom is 0.311 e. The van der Waals surface area contributed by atoms with Crippen molar-refractivity contribution in [1.29, 1.82) is 0 Å². The van der Waals surface area contributed by atoms with Crippen LogP contribution in [0.2, 0.25) is 0 Å². The van der Waals surface area contributed by atoms with Crippen LogP contribution in [-0.2, 0) is 13.0 Å². The zero-order valence-electron chi connectivity index (χ0n) is 18.2. The molecule has 8 nitrogen and oxygen atoms in total. The number of rotatable bonds is 7. The van der Waals surface area contributed by atoms with E-state index in [4.69, 9.17) is 4.74 Å². The Bertz CT molecular complexity index is 1540. The Kier molecular flexibility index (Phi) is 7.78. The SMILES string of the molecule is CCc1nc2ccc(Br)cc2c(=O)n1N=Cc1cccc([N+](=O)[O-])c1OCc1ccc(Br)cc1Br. The van der Waals surface area contributed by atoms with Gasteiger partial charge in [-0.05, 0) is 36.4 Å². The van der Waals surface area contributed by atoms with Crippen LogP contribution < -0.4 is 10.3 Å². The third kappa shape index (κ3) is 5.52. The first kappa shape index (κ1) is 25.2. The topological polar surface area (TPSA) is 99.6 Å². The highest BCUT2D eigenvalue weighted by molar-refractivity contribution is 9.11. The molecule has 0 N–H and O–H groups in total. The number of hydrogen-bond donors (Lipinski definition) is 0. The van der Waals surface area contributed by atoms with Gasteiger partial charge in [0, 0.05) is 37.0 Å². The largest absolute Gasteiger partial charge is 0.481 e. The van der Waals surface area contributed by atoms with E-state index in [1.165, 1.54) is 17.0 Å². The van der Waals surface area contributed by atoms with Crippen LogP contribution in [0.1, 0.15) is 23.9 Å². The Labute approximate surface area is 225 Å². The van der Waals surface area contributed by atoms with Crippen LogP contribution in [0.5, 0.6) is 5.75 Å². The molecule has 0 aliphatic carbocycles. The van der Waals surface area contributed by atoms with E-state index in [1.807, 2.05) is 31.2 Å². The predicted octanol–water partition coefficient (Wildman–Crippen LogP) is 6.62. The maximum atomic E-state index is 13.2. The molecule has 0 atom stereocenters. The molecule has 0 fully saturated rings. The van der Waals surface area contributed by atoms with Gasteiger partial charge in [0.25, 0.3) is 5.56 Å². The fraction of sp³-hybridized carbons (Fsp3) is 0.125. The van der Waals surface area contributed by atoms with E-state index in [0.717, 1.165) is 19.0 Å². The number of aryl methyl sites for hydroxylation is 1. The molecule has 4 rings (SSSR count). The molecule has 4 aromatic rings. The average molecular weight is 665 g/mol. The van der Waals surface area contributed by atoms with E-state index >= 15 is 0 Å². The second-order valence-electron chi connectivity index (χ2n) is 7.38. The fourth-order valence-corrected chi connectivity index (χ4v) is 4.92. The molecule has 0 aliphatic rings. The Morgan fingerprint density at radius 2 is 1.86 bits per heavy atom. The average Bonchev–Trinajstić information content (AvgIpc) is 2.83. The first-order valence-corrected chi connectivity index (χ1v) is 12.8. The minimum Gasteiger partial charge on any atom is -0.481 e. The number of para-hydroxylation sites is 1. The summed E-state index contributed by atoms with van der Waals surface area (Å²) in [5, 5.41) is 16.5. The lowest BCUT2D eigenvalue weighted by molar-refractivity contribution is -0.385. The van der Waals surface area contributed by atoms with Gasteiger partial charge in [0.15, 0.2) is 0 Å². The molecule has 0 aliphatic heterocycles. The second kappa shape index (κ2) is 10.8. The molecule has 1 aromatic heterocycles. The van der Waals surface area contributed by atoms with Crippen LogP contribution >= 0.6 is 47.8 Å². The van der Waals surface area contributed by atoms with Crippen molar-refractivity contribution in [3.63, 3.8) is 0 Å².